The number of benzene rings is 2. The molecule has 0 radical (unpaired) electrons. The van der Waals surface area contributed by atoms with Crippen molar-refractivity contribution in [1.29, 1.82) is 0 Å². The van der Waals surface area contributed by atoms with E-state index in [1.54, 1.807) is 0 Å². The molecule has 0 aliphatic carbocycles. The number of carbonyl (C=O) groups excluding carboxylic acids is 2. The van der Waals surface area contributed by atoms with E-state index in [-0.39, 0.29) is 5.56 Å². The van der Waals surface area contributed by atoms with Crippen molar-refractivity contribution >= 4 is 17.5 Å². The van der Waals surface area contributed by atoms with Crippen molar-refractivity contribution < 1.29 is 27.5 Å². The number of amides is 2. The van der Waals surface area contributed by atoms with Crippen molar-refractivity contribution in [2.45, 2.75) is 6.18 Å². The van der Waals surface area contributed by atoms with Crippen LogP contribution < -0.4 is 15.4 Å². The predicted molar refractivity (Wildman–Crippen MR) is 85.3 cm³/mol. The second-order valence-electron chi connectivity index (χ2n) is 5.15. The normalized spacial score (nSPS) is 11.0. The van der Waals surface area contributed by atoms with Crippen molar-refractivity contribution in [2.75, 3.05) is 18.6 Å². The second kappa shape index (κ2) is 7.25. The van der Waals surface area contributed by atoms with Gasteiger partial charge in [0.2, 0.25) is 5.91 Å². The summed E-state index contributed by atoms with van der Waals surface area (Å²) < 4.78 is 43.7. The number of hydrogen-bond donors (Lipinski definition) is 1. The first-order chi connectivity index (χ1) is 11.7. The Balaban J connectivity index is 2.06. The van der Waals surface area contributed by atoms with E-state index in [1.807, 2.05) is 0 Å². The topological polar surface area (TPSA) is 72.6 Å². The molecule has 2 N–H and O–H groups in total. The van der Waals surface area contributed by atoms with Gasteiger partial charge in [-0.3, -0.25) is 9.59 Å². The van der Waals surface area contributed by atoms with Gasteiger partial charge in [-0.1, -0.05) is 12.1 Å². The zero-order valence-corrected chi connectivity index (χ0v) is 13.2. The number of para-hydroxylation sites is 1. The van der Waals surface area contributed by atoms with Gasteiger partial charge in [-0.25, -0.2) is 0 Å². The van der Waals surface area contributed by atoms with Crippen molar-refractivity contribution in [3.63, 3.8) is 0 Å². The van der Waals surface area contributed by atoms with Crippen LogP contribution >= 0.6 is 0 Å². The Morgan fingerprint density at radius 2 is 1.68 bits per heavy atom. The molecule has 0 saturated carbocycles. The van der Waals surface area contributed by atoms with Crippen LogP contribution in [0.3, 0.4) is 0 Å². The molecule has 132 valence electrons. The van der Waals surface area contributed by atoms with E-state index >= 15 is 0 Å². The highest BCUT2D eigenvalue weighted by Gasteiger charge is 2.34. The number of halogens is 3. The molecule has 0 atom stereocenters. The second-order valence-corrected chi connectivity index (χ2v) is 5.15. The largest absolute Gasteiger partial charge is 0.483 e. The Morgan fingerprint density at radius 3 is 2.24 bits per heavy atom. The third-order valence-electron chi connectivity index (χ3n) is 3.46. The van der Waals surface area contributed by atoms with Gasteiger partial charge in [0.25, 0.3) is 5.91 Å². The molecule has 2 amide bonds. The van der Waals surface area contributed by atoms with E-state index in [2.05, 4.69) is 0 Å². The lowest BCUT2D eigenvalue weighted by Crippen LogP contribution is -2.31. The summed E-state index contributed by atoms with van der Waals surface area (Å²) in [5.41, 5.74) is 4.91. The van der Waals surface area contributed by atoms with Gasteiger partial charge in [-0.15, -0.1) is 0 Å². The molecule has 25 heavy (non-hydrogen) atoms. The summed E-state index contributed by atoms with van der Waals surface area (Å²) in [4.78, 5) is 24.4. The summed E-state index contributed by atoms with van der Waals surface area (Å²) in [6.45, 7) is -0.568. The number of alkyl halides is 3. The minimum absolute atomic E-state index is 0.278. The van der Waals surface area contributed by atoms with Crippen LogP contribution in [0, 0.1) is 0 Å². The summed E-state index contributed by atoms with van der Waals surface area (Å²) in [5.74, 6) is -1.57. The lowest BCUT2D eigenvalue weighted by Gasteiger charge is -2.19. The summed E-state index contributed by atoms with van der Waals surface area (Å²) in [6, 6.07) is 10.6. The molecule has 0 aliphatic rings. The minimum Gasteiger partial charge on any atom is -0.483 e. The SMILES string of the molecule is CN(C(=O)COc1ccccc1C(F)(F)F)c1ccc(C(N)=O)cc1. The molecule has 0 fully saturated rings. The van der Waals surface area contributed by atoms with Gasteiger partial charge < -0.3 is 15.4 Å². The van der Waals surface area contributed by atoms with Gasteiger partial charge >= 0.3 is 6.18 Å². The van der Waals surface area contributed by atoms with E-state index in [0.717, 1.165) is 12.1 Å². The summed E-state index contributed by atoms with van der Waals surface area (Å²) in [7, 11) is 1.45. The Bertz CT molecular complexity index is 773. The highest BCUT2D eigenvalue weighted by atomic mass is 19.4. The maximum absolute atomic E-state index is 12.9. The molecular formula is C17H15F3N2O3. The number of nitrogens with two attached hydrogens (primary N) is 1. The molecule has 0 bridgehead atoms. The summed E-state index contributed by atoms with van der Waals surface area (Å²) in [5, 5.41) is 0. The average Bonchev–Trinajstić information content (AvgIpc) is 2.58. The maximum Gasteiger partial charge on any atom is 0.419 e. The number of likely N-dealkylation sites (N-methyl/N-ethyl adjacent to an activating group) is 1. The van der Waals surface area contributed by atoms with E-state index in [9.17, 15) is 22.8 Å². The Labute approximate surface area is 141 Å². The molecule has 0 saturated heterocycles. The van der Waals surface area contributed by atoms with E-state index in [4.69, 9.17) is 10.5 Å². The Kier molecular flexibility index (Phi) is 5.31. The molecule has 0 spiro atoms. The minimum atomic E-state index is -4.57. The quantitative estimate of drug-likeness (QED) is 0.899. The number of primary amides is 1. The number of rotatable bonds is 5. The molecule has 0 heterocycles. The number of hydrogen-bond acceptors (Lipinski definition) is 3. The average molecular weight is 352 g/mol. The van der Waals surface area contributed by atoms with Crippen molar-refractivity contribution in [2.24, 2.45) is 5.73 Å². The highest BCUT2D eigenvalue weighted by molar-refractivity contribution is 5.96. The predicted octanol–water partition coefficient (Wildman–Crippen LogP) is 2.85. The van der Waals surface area contributed by atoms with Crippen LogP contribution in [0.1, 0.15) is 15.9 Å². The maximum atomic E-state index is 12.9. The van der Waals surface area contributed by atoms with E-state index in [1.165, 1.54) is 48.3 Å². The smallest absolute Gasteiger partial charge is 0.419 e. The van der Waals surface area contributed by atoms with Crippen molar-refractivity contribution in [3.05, 3.63) is 59.7 Å². The molecule has 0 aromatic heterocycles. The number of ether oxygens (including phenoxy) is 1. The molecule has 2 aromatic carbocycles. The van der Waals surface area contributed by atoms with Crippen molar-refractivity contribution in [1.82, 2.24) is 0 Å². The third kappa shape index (κ3) is 4.50. The number of anilines is 1. The van der Waals surface area contributed by atoms with Crippen LogP contribution in [0.4, 0.5) is 18.9 Å². The first kappa shape index (κ1) is 18.3. The first-order valence-electron chi connectivity index (χ1n) is 7.15. The van der Waals surface area contributed by atoms with Gasteiger partial charge in [-0.2, -0.15) is 13.2 Å². The summed E-state index contributed by atoms with van der Waals surface area (Å²) in [6.07, 6.45) is -4.57. The fourth-order valence-electron chi connectivity index (χ4n) is 2.06. The van der Waals surface area contributed by atoms with Crippen LogP contribution in [-0.2, 0) is 11.0 Å². The number of nitrogens with zero attached hydrogens (tertiary/aromatic N) is 1. The first-order valence-corrected chi connectivity index (χ1v) is 7.15. The lowest BCUT2D eigenvalue weighted by molar-refractivity contribution is -0.139. The fraction of sp³-hybridized carbons (Fsp3) is 0.176. The summed E-state index contributed by atoms with van der Waals surface area (Å²) >= 11 is 0. The zero-order valence-electron chi connectivity index (χ0n) is 13.2. The standard InChI is InChI=1S/C17H15F3N2O3/c1-22(12-8-6-11(7-9-12)16(21)24)15(23)10-25-14-5-3-2-4-13(14)17(18,19)20/h2-9H,10H2,1H3,(H2,21,24). The monoisotopic (exact) mass is 352 g/mol. The molecular weight excluding hydrogens is 337 g/mol. The van der Waals surface area contributed by atoms with Crippen LogP contribution in [-0.4, -0.2) is 25.5 Å². The Morgan fingerprint density at radius 1 is 1.08 bits per heavy atom. The van der Waals surface area contributed by atoms with E-state index < -0.39 is 35.9 Å². The van der Waals surface area contributed by atoms with E-state index in [0.29, 0.717) is 5.69 Å². The lowest BCUT2D eigenvalue weighted by atomic mass is 10.2. The highest BCUT2D eigenvalue weighted by Crippen LogP contribution is 2.35. The molecule has 2 aromatic rings. The molecule has 8 heteroatoms. The molecule has 2 rings (SSSR count). The van der Waals surface area contributed by atoms with Crippen LogP contribution in [0.25, 0.3) is 0 Å². The van der Waals surface area contributed by atoms with Crippen LogP contribution in [0.2, 0.25) is 0 Å². The molecule has 0 aliphatic heterocycles. The van der Waals surface area contributed by atoms with Crippen LogP contribution in [0.15, 0.2) is 48.5 Å². The Hall–Kier alpha value is -3.03. The molecule has 5 nitrogen and oxygen atoms in total. The zero-order chi connectivity index (χ0) is 18.6. The number of carbonyl (C=O) groups is 2. The molecule has 0 unspecified atom stereocenters. The third-order valence-corrected chi connectivity index (χ3v) is 3.46. The van der Waals surface area contributed by atoms with Gasteiger partial charge in [0.15, 0.2) is 6.61 Å². The van der Waals surface area contributed by atoms with Crippen molar-refractivity contribution in [3.8, 4) is 5.75 Å². The van der Waals surface area contributed by atoms with Gasteiger partial charge in [0.1, 0.15) is 5.75 Å². The van der Waals surface area contributed by atoms with Crippen LogP contribution in [0.5, 0.6) is 5.75 Å². The fourth-order valence-corrected chi connectivity index (χ4v) is 2.06. The van der Waals surface area contributed by atoms with Gasteiger partial charge in [0.05, 0.1) is 5.56 Å². The van der Waals surface area contributed by atoms with Gasteiger partial charge in [0, 0.05) is 18.3 Å². The van der Waals surface area contributed by atoms with Gasteiger partial charge in [-0.05, 0) is 36.4 Å².